The molecule has 0 aliphatic carbocycles. The number of hydrogen-bond donors (Lipinski definition) is 1. The number of benzene rings is 2. The minimum absolute atomic E-state index is 0.0242. The van der Waals surface area contributed by atoms with Gasteiger partial charge in [0.25, 0.3) is 0 Å². The number of thioether (sulfide) groups is 1. The third-order valence-corrected chi connectivity index (χ3v) is 5.31. The van der Waals surface area contributed by atoms with E-state index in [1.807, 2.05) is 13.0 Å². The summed E-state index contributed by atoms with van der Waals surface area (Å²) < 4.78 is 2.07. The second-order valence-corrected chi connectivity index (χ2v) is 7.64. The van der Waals surface area contributed by atoms with Crippen LogP contribution in [-0.4, -0.2) is 33.0 Å². The lowest BCUT2D eigenvalue weighted by atomic mass is 10.1. The molecule has 5 nitrogen and oxygen atoms in total. The molecule has 1 N–H and O–H groups in total. The summed E-state index contributed by atoms with van der Waals surface area (Å²) in [5, 5.41) is 12.5. The van der Waals surface area contributed by atoms with E-state index in [0.717, 1.165) is 35.9 Å². The van der Waals surface area contributed by atoms with Crippen LogP contribution < -0.4 is 5.32 Å². The molecule has 2 aromatic carbocycles. The van der Waals surface area contributed by atoms with Gasteiger partial charge in [-0.15, -0.1) is 10.2 Å². The molecule has 0 spiro atoms. The van der Waals surface area contributed by atoms with Gasteiger partial charge < -0.3 is 5.32 Å². The number of rotatable bonds is 9. The molecular weight excluding hydrogens is 368 g/mol. The van der Waals surface area contributed by atoms with Crippen LogP contribution in [0.4, 0.5) is 0 Å². The van der Waals surface area contributed by atoms with E-state index in [4.69, 9.17) is 0 Å². The topological polar surface area (TPSA) is 59.8 Å². The Bertz CT molecular complexity index is 891. The van der Waals surface area contributed by atoms with Gasteiger partial charge in [0.2, 0.25) is 5.91 Å². The molecule has 0 fully saturated rings. The smallest absolute Gasteiger partial charge is 0.230 e. The standard InChI is InChI=1S/C22H26N4OS/c1-3-15-23-21(27)16-28-22-25-24-20(14-11-18-7-5-4-6-8-18)26(22)19-12-9-17(2)10-13-19/h4-10,12-13H,3,11,14-16H2,1-2H3,(H,23,27). The Morgan fingerprint density at radius 2 is 1.79 bits per heavy atom. The van der Waals surface area contributed by atoms with Crippen molar-refractivity contribution in [1.82, 2.24) is 20.1 Å². The van der Waals surface area contributed by atoms with Gasteiger partial charge in [-0.1, -0.05) is 66.7 Å². The van der Waals surface area contributed by atoms with E-state index in [1.165, 1.54) is 22.9 Å². The quantitative estimate of drug-likeness (QED) is 0.558. The molecule has 3 aromatic rings. The second kappa shape index (κ2) is 10.1. The van der Waals surface area contributed by atoms with E-state index in [9.17, 15) is 4.79 Å². The SMILES string of the molecule is CCCNC(=O)CSc1nnc(CCc2ccccc2)n1-c1ccc(C)cc1. The summed E-state index contributed by atoms with van der Waals surface area (Å²) in [7, 11) is 0. The summed E-state index contributed by atoms with van der Waals surface area (Å²) in [6, 6.07) is 18.7. The fourth-order valence-corrected chi connectivity index (χ4v) is 3.66. The van der Waals surface area contributed by atoms with Crippen LogP contribution in [-0.2, 0) is 17.6 Å². The molecule has 1 amide bonds. The van der Waals surface area contributed by atoms with Crippen molar-refractivity contribution in [2.45, 2.75) is 38.3 Å². The van der Waals surface area contributed by atoms with E-state index >= 15 is 0 Å². The maximum Gasteiger partial charge on any atom is 0.230 e. The number of hydrogen-bond acceptors (Lipinski definition) is 4. The van der Waals surface area contributed by atoms with Crippen molar-refractivity contribution in [2.75, 3.05) is 12.3 Å². The zero-order valence-corrected chi connectivity index (χ0v) is 17.2. The van der Waals surface area contributed by atoms with Crippen molar-refractivity contribution in [3.8, 4) is 5.69 Å². The summed E-state index contributed by atoms with van der Waals surface area (Å²) in [5.41, 5.74) is 3.50. The number of nitrogens with zero attached hydrogens (tertiary/aromatic N) is 3. The van der Waals surface area contributed by atoms with Crippen molar-refractivity contribution < 1.29 is 4.79 Å². The van der Waals surface area contributed by atoms with Crippen molar-refractivity contribution in [2.24, 2.45) is 0 Å². The average Bonchev–Trinajstić information content (AvgIpc) is 3.13. The first-order chi connectivity index (χ1) is 13.7. The molecule has 0 aliphatic rings. The highest BCUT2D eigenvalue weighted by Crippen LogP contribution is 2.23. The molecule has 6 heteroatoms. The molecule has 3 rings (SSSR count). The highest BCUT2D eigenvalue weighted by molar-refractivity contribution is 7.99. The summed E-state index contributed by atoms with van der Waals surface area (Å²) in [6.07, 6.45) is 2.61. The summed E-state index contributed by atoms with van der Waals surface area (Å²) in [4.78, 5) is 12.0. The van der Waals surface area contributed by atoms with Gasteiger partial charge in [-0.2, -0.15) is 0 Å². The predicted octanol–water partition coefficient (Wildman–Crippen LogP) is 3.98. The first-order valence-electron chi connectivity index (χ1n) is 9.62. The van der Waals surface area contributed by atoms with E-state index < -0.39 is 0 Å². The lowest BCUT2D eigenvalue weighted by molar-refractivity contribution is -0.118. The number of carbonyl (C=O) groups excluding carboxylic acids is 1. The van der Waals surface area contributed by atoms with Crippen LogP contribution in [0.25, 0.3) is 5.69 Å². The molecule has 0 radical (unpaired) electrons. The van der Waals surface area contributed by atoms with Crippen LogP contribution in [0, 0.1) is 6.92 Å². The summed E-state index contributed by atoms with van der Waals surface area (Å²) >= 11 is 1.42. The van der Waals surface area contributed by atoms with Gasteiger partial charge in [0.15, 0.2) is 5.16 Å². The van der Waals surface area contributed by atoms with Crippen LogP contribution >= 0.6 is 11.8 Å². The van der Waals surface area contributed by atoms with Gasteiger partial charge in [0, 0.05) is 18.7 Å². The molecule has 0 saturated heterocycles. The Morgan fingerprint density at radius 3 is 2.50 bits per heavy atom. The van der Waals surface area contributed by atoms with Gasteiger partial charge in [-0.05, 0) is 37.5 Å². The van der Waals surface area contributed by atoms with Crippen LogP contribution in [0.3, 0.4) is 0 Å². The van der Waals surface area contributed by atoms with Gasteiger partial charge >= 0.3 is 0 Å². The Morgan fingerprint density at radius 1 is 1.04 bits per heavy atom. The van der Waals surface area contributed by atoms with Gasteiger partial charge in [-0.25, -0.2) is 0 Å². The van der Waals surface area contributed by atoms with E-state index in [-0.39, 0.29) is 5.91 Å². The molecule has 1 heterocycles. The third kappa shape index (κ3) is 5.45. The maximum absolute atomic E-state index is 12.0. The molecule has 0 aliphatic heterocycles. The predicted molar refractivity (Wildman–Crippen MR) is 114 cm³/mol. The molecule has 0 bridgehead atoms. The molecule has 28 heavy (non-hydrogen) atoms. The van der Waals surface area contributed by atoms with Crippen LogP contribution in [0.5, 0.6) is 0 Å². The van der Waals surface area contributed by atoms with E-state index in [1.54, 1.807) is 0 Å². The molecule has 1 aromatic heterocycles. The summed E-state index contributed by atoms with van der Waals surface area (Å²) in [6.45, 7) is 4.81. The van der Waals surface area contributed by atoms with E-state index in [0.29, 0.717) is 12.3 Å². The fraction of sp³-hybridized carbons (Fsp3) is 0.318. The Labute approximate surface area is 170 Å². The highest BCUT2D eigenvalue weighted by Gasteiger charge is 2.16. The highest BCUT2D eigenvalue weighted by atomic mass is 32.2. The molecule has 0 saturated carbocycles. The fourth-order valence-electron chi connectivity index (χ4n) is 2.86. The minimum Gasteiger partial charge on any atom is -0.355 e. The van der Waals surface area contributed by atoms with Crippen molar-refractivity contribution >= 4 is 17.7 Å². The molecule has 146 valence electrons. The number of aryl methyl sites for hydroxylation is 3. The normalized spacial score (nSPS) is 10.8. The lowest BCUT2D eigenvalue weighted by Crippen LogP contribution is -2.25. The van der Waals surface area contributed by atoms with Crippen LogP contribution in [0.2, 0.25) is 0 Å². The lowest BCUT2D eigenvalue weighted by Gasteiger charge is -2.11. The van der Waals surface area contributed by atoms with Crippen LogP contribution in [0.15, 0.2) is 59.8 Å². The Balaban J connectivity index is 1.80. The maximum atomic E-state index is 12.0. The number of carbonyl (C=O) groups is 1. The second-order valence-electron chi connectivity index (χ2n) is 6.69. The van der Waals surface area contributed by atoms with E-state index in [2.05, 4.69) is 75.5 Å². The first-order valence-corrected chi connectivity index (χ1v) is 10.6. The zero-order chi connectivity index (χ0) is 19.8. The van der Waals surface area contributed by atoms with Crippen molar-refractivity contribution in [1.29, 1.82) is 0 Å². The Hall–Kier alpha value is -2.60. The first kappa shape index (κ1) is 20.1. The number of nitrogens with one attached hydrogen (secondary N) is 1. The monoisotopic (exact) mass is 394 g/mol. The minimum atomic E-state index is 0.0242. The molecule has 0 unspecified atom stereocenters. The van der Waals surface area contributed by atoms with Gasteiger partial charge in [0.1, 0.15) is 5.82 Å². The molecular formula is C22H26N4OS. The van der Waals surface area contributed by atoms with Gasteiger partial charge in [-0.3, -0.25) is 9.36 Å². The Kier molecular flexibility index (Phi) is 7.25. The van der Waals surface area contributed by atoms with Crippen molar-refractivity contribution in [3.05, 3.63) is 71.5 Å². The molecule has 0 atom stereocenters. The largest absolute Gasteiger partial charge is 0.355 e. The number of amides is 1. The zero-order valence-electron chi connectivity index (χ0n) is 16.4. The third-order valence-electron chi connectivity index (χ3n) is 4.38. The number of aromatic nitrogens is 3. The average molecular weight is 395 g/mol. The van der Waals surface area contributed by atoms with Crippen LogP contribution in [0.1, 0.15) is 30.3 Å². The van der Waals surface area contributed by atoms with Crippen molar-refractivity contribution in [3.63, 3.8) is 0 Å². The van der Waals surface area contributed by atoms with Gasteiger partial charge in [0.05, 0.1) is 5.75 Å². The summed E-state index contributed by atoms with van der Waals surface area (Å²) in [5.74, 6) is 1.27.